The lowest BCUT2D eigenvalue weighted by Crippen LogP contribution is -2.58. The lowest BCUT2D eigenvalue weighted by atomic mass is 10.1. The summed E-state index contributed by atoms with van der Waals surface area (Å²) in [4.78, 5) is 30.5. The van der Waals surface area contributed by atoms with Gasteiger partial charge in [-0.3, -0.25) is 19.5 Å². The van der Waals surface area contributed by atoms with Gasteiger partial charge in [-0.15, -0.1) is 0 Å². The number of hydrogen-bond acceptors (Lipinski definition) is 4. The van der Waals surface area contributed by atoms with E-state index in [4.69, 9.17) is 12.2 Å². The summed E-state index contributed by atoms with van der Waals surface area (Å²) in [6.07, 6.45) is 1.34. The van der Waals surface area contributed by atoms with Crippen molar-refractivity contribution in [3.63, 3.8) is 0 Å². The SMILES string of the molecule is O=C1NC(=S)N(c2ccc(Br)cc2)C(=O)[C@@H]1C=Nc1cccc(Br)c1. The first-order chi connectivity index (χ1) is 12.0. The fraction of sp³-hybridized carbons (Fsp3) is 0.0588. The topological polar surface area (TPSA) is 61.8 Å². The monoisotopic (exact) mass is 479 g/mol. The average Bonchev–Trinajstić information content (AvgIpc) is 2.56. The van der Waals surface area contributed by atoms with E-state index in [1.807, 2.05) is 12.1 Å². The number of anilines is 1. The molecule has 25 heavy (non-hydrogen) atoms. The van der Waals surface area contributed by atoms with Crippen LogP contribution in [0.2, 0.25) is 0 Å². The fourth-order valence-electron chi connectivity index (χ4n) is 2.27. The number of aliphatic imine (C=N–C) groups is 1. The van der Waals surface area contributed by atoms with Gasteiger partial charge in [-0.05, 0) is 54.7 Å². The number of halogens is 2. The lowest BCUT2D eigenvalue weighted by Gasteiger charge is -2.30. The highest BCUT2D eigenvalue weighted by molar-refractivity contribution is 9.10. The molecular weight excluding hydrogens is 470 g/mol. The number of hydrogen-bond donors (Lipinski definition) is 1. The normalized spacial score (nSPS) is 17.9. The molecule has 0 spiro atoms. The molecule has 1 heterocycles. The van der Waals surface area contributed by atoms with E-state index in [0.717, 1.165) is 8.95 Å². The van der Waals surface area contributed by atoms with Crippen LogP contribution in [0.3, 0.4) is 0 Å². The molecule has 3 rings (SSSR count). The van der Waals surface area contributed by atoms with Crippen LogP contribution in [0.25, 0.3) is 0 Å². The highest BCUT2D eigenvalue weighted by atomic mass is 79.9. The minimum absolute atomic E-state index is 0.0597. The summed E-state index contributed by atoms with van der Waals surface area (Å²) in [5.41, 5.74) is 1.22. The van der Waals surface area contributed by atoms with Gasteiger partial charge >= 0.3 is 0 Å². The minimum atomic E-state index is -1.05. The van der Waals surface area contributed by atoms with Crippen LogP contribution in [0.1, 0.15) is 0 Å². The Bertz CT molecular complexity index is 884. The molecule has 1 atom stereocenters. The van der Waals surface area contributed by atoms with E-state index in [9.17, 15) is 9.59 Å². The van der Waals surface area contributed by atoms with Crippen molar-refractivity contribution in [2.75, 3.05) is 4.90 Å². The Morgan fingerprint density at radius 3 is 2.48 bits per heavy atom. The van der Waals surface area contributed by atoms with Crippen LogP contribution in [-0.4, -0.2) is 23.1 Å². The van der Waals surface area contributed by atoms with Crippen LogP contribution in [0.4, 0.5) is 11.4 Å². The summed E-state index contributed by atoms with van der Waals surface area (Å²) in [7, 11) is 0. The molecule has 0 radical (unpaired) electrons. The van der Waals surface area contributed by atoms with E-state index in [-0.39, 0.29) is 5.11 Å². The zero-order valence-corrected chi connectivity index (χ0v) is 16.6. The van der Waals surface area contributed by atoms with Gasteiger partial charge in [0.1, 0.15) is 0 Å². The first-order valence-corrected chi connectivity index (χ1v) is 9.19. The highest BCUT2D eigenvalue weighted by Gasteiger charge is 2.38. The van der Waals surface area contributed by atoms with Crippen LogP contribution in [0, 0.1) is 5.92 Å². The number of carbonyl (C=O) groups is 2. The summed E-state index contributed by atoms with van der Waals surface area (Å²) in [5, 5.41) is 2.62. The van der Waals surface area contributed by atoms with Gasteiger partial charge in [-0.25, -0.2) is 0 Å². The van der Waals surface area contributed by atoms with Crippen LogP contribution in [0.15, 0.2) is 62.5 Å². The first-order valence-electron chi connectivity index (χ1n) is 7.20. The number of amides is 2. The molecule has 1 fully saturated rings. The fourth-order valence-corrected chi connectivity index (χ4v) is 3.22. The standard InChI is InChI=1S/C17H11Br2N3O2S/c18-10-4-6-13(7-5-10)22-16(24)14(15(23)21-17(22)25)9-20-12-3-1-2-11(19)8-12/h1-9,14H,(H,21,23,25)/t14-/m1/s1. The second-order valence-electron chi connectivity index (χ2n) is 5.18. The number of rotatable bonds is 3. The Morgan fingerprint density at radius 1 is 1.08 bits per heavy atom. The molecule has 0 bridgehead atoms. The summed E-state index contributed by atoms with van der Waals surface area (Å²) in [5.74, 6) is -1.97. The third kappa shape index (κ3) is 4.02. The second kappa shape index (κ2) is 7.55. The number of carbonyl (C=O) groups excluding carboxylic acids is 2. The van der Waals surface area contributed by atoms with Crippen molar-refractivity contribution >= 4 is 78.6 Å². The Balaban J connectivity index is 1.89. The van der Waals surface area contributed by atoms with Crippen molar-refractivity contribution in [1.29, 1.82) is 0 Å². The van der Waals surface area contributed by atoms with Gasteiger partial charge in [-0.2, -0.15) is 0 Å². The molecule has 126 valence electrons. The zero-order chi connectivity index (χ0) is 18.0. The van der Waals surface area contributed by atoms with Gasteiger partial charge < -0.3 is 5.32 Å². The molecule has 5 nitrogen and oxygen atoms in total. The Kier molecular flexibility index (Phi) is 5.41. The van der Waals surface area contributed by atoms with Crippen LogP contribution in [-0.2, 0) is 9.59 Å². The molecule has 0 unspecified atom stereocenters. The number of thiocarbonyl (C=S) groups is 1. The predicted octanol–water partition coefficient (Wildman–Crippen LogP) is 3.98. The zero-order valence-electron chi connectivity index (χ0n) is 12.6. The smallest absolute Gasteiger partial charge is 0.251 e. The molecule has 1 aliphatic heterocycles. The first kappa shape index (κ1) is 17.9. The third-order valence-corrected chi connectivity index (χ3v) is 4.77. The molecule has 1 aliphatic rings. The second-order valence-corrected chi connectivity index (χ2v) is 7.40. The Morgan fingerprint density at radius 2 is 1.80 bits per heavy atom. The quantitative estimate of drug-likeness (QED) is 0.410. The largest absolute Gasteiger partial charge is 0.301 e. The Labute approximate surface area is 166 Å². The molecule has 0 aliphatic carbocycles. The highest BCUT2D eigenvalue weighted by Crippen LogP contribution is 2.23. The van der Waals surface area contributed by atoms with Crippen molar-refractivity contribution in [3.8, 4) is 0 Å². The molecule has 1 saturated heterocycles. The van der Waals surface area contributed by atoms with Gasteiger partial charge in [0, 0.05) is 15.2 Å². The van der Waals surface area contributed by atoms with E-state index < -0.39 is 17.7 Å². The van der Waals surface area contributed by atoms with E-state index >= 15 is 0 Å². The maximum Gasteiger partial charge on any atom is 0.251 e. The van der Waals surface area contributed by atoms with Crippen molar-refractivity contribution in [3.05, 3.63) is 57.5 Å². The summed E-state index contributed by atoms with van der Waals surface area (Å²) < 4.78 is 1.74. The van der Waals surface area contributed by atoms with Gasteiger partial charge in [-0.1, -0.05) is 37.9 Å². The van der Waals surface area contributed by atoms with Crippen LogP contribution < -0.4 is 10.2 Å². The molecule has 2 amide bonds. The van der Waals surface area contributed by atoms with Gasteiger partial charge in [0.25, 0.3) is 5.91 Å². The Hall–Kier alpha value is -1.90. The summed E-state index contributed by atoms with van der Waals surface area (Å²) in [6.45, 7) is 0. The molecule has 1 N–H and O–H groups in total. The van der Waals surface area contributed by atoms with E-state index in [2.05, 4.69) is 42.2 Å². The molecule has 2 aromatic carbocycles. The van der Waals surface area contributed by atoms with Gasteiger partial charge in [0.2, 0.25) is 5.91 Å². The molecule has 0 aromatic heterocycles. The maximum absolute atomic E-state index is 12.8. The molecular formula is C17H11Br2N3O2S. The van der Waals surface area contributed by atoms with Gasteiger partial charge in [0.15, 0.2) is 11.0 Å². The van der Waals surface area contributed by atoms with Crippen LogP contribution >= 0.6 is 44.1 Å². The van der Waals surface area contributed by atoms with Crippen molar-refractivity contribution in [2.24, 2.45) is 10.9 Å². The van der Waals surface area contributed by atoms with E-state index in [0.29, 0.717) is 11.4 Å². The molecule has 0 saturated carbocycles. The minimum Gasteiger partial charge on any atom is -0.301 e. The van der Waals surface area contributed by atoms with E-state index in [1.165, 1.54) is 11.1 Å². The van der Waals surface area contributed by atoms with Crippen LogP contribution in [0.5, 0.6) is 0 Å². The van der Waals surface area contributed by atoms with Crippen molar-refractivity contribution in [2.45, 2.75) is 0 Å². The van der Waals surface area contributed by atoms with Gasteiger partial charge in [0.05, 0.1) is 11.4 Å². The number of nitrogens with one attached hydrogen (secondary N) is 1. The van der Waals surface area contributed by atoms with E-state index in [1.54, 1.807) is 36.4 Å². The molecule has 2 aromatic rings. The van der Waals surface area contributed by atoms with Crippen molar-refractivity contribution < 1.29 is 9.59 Å². The summed E-state index contributed by atoms with van der Waals surface area (Å²) in [6, 6.07) is 14.3. The maximum atomic E-state index is 12.8. The predicted molar refractivity (Wildman–Crippen MR) is 108 cm³/mol. The third-order valence-electron chi connectivity index (χ3n) is 3.47. The number of nitrogens with zero attached hydrogens (tertiary/aromatic N) is 2. The summed E-state index contributed by atoms with van der Waals surface area (Å²) >= 11 is 11.9. The molecule has 8 heteroatoms. The average molecular weight is 481 g/mol. The lowest BCUT2D eigenvalue weighted by molar-refractivity contribution is -0.130. The van der Waals surface area contributed by atoms with Crippen molar-refractivity contribution in [1.82, 2.24) is 5.32 Å². The number of benzene rings is 2.